The van der Waals surface area contributed by atoms with Gasteiger partial charge in [0.2, 0.25) is 0 Å². The minimum Gasteiger partial charge on any atom is -0.449 e. The lowest BCUT2D eigenvalue weighted by Gasteiger charge is -2.21. The second-order valence-electron chi connectivity index (χ2n) is 9.89. The molecular formula is C30H26F7N3O5S. The molecule has 1 heterocycles. The molecule has 16 heteroatoms. The quantitative estimate of drug-likeness (QED) is 0.0744. The highest BCUT2D eigenvalue weighted by Crippen LogP contribution is 2.35. The molecule has 0 saturated carbocycles. The third kappa shape index (κ3) is 9.14. The molecule has 4 rings (SSSR count). The molecule has 8 nitrogen and oxygen atoms in total. The number of H-pyrrole nitrogens is 1. The molecule has 1 atom stereocenters. The number of thiazole rings is 1. The molecule has 0 aliphatic heterocycles. The highest BCUT2D eigenvalue weighted by Gasteiger charge is 2.43. The summed E-state index contributed by atoms with van der Waals surface area (Å²) in [7, 11) is 0. The highest BCUT2D eigenvalue weighted by molar-refractivity contribution is 7.16. The third-order valence-electron chi connectivity index (χ3n) is 6.70. The summed E-state index contributed by atoms with van der Waals surface area (Å²) in [6.07, 6.45) is -11.5. The smallest absolute Gasteiger partial charge is 0.449 e. The van der Waals surface area contributed by atoms with Gasteiger partial charge >= 0.3 is 29.2 Å². The fourth-order valence-corrected chi connectivity index (χ4v) is 5.42. The van der Waals surface area contributed by atoms with Gasteiger partial charge in [-0.3, -0.25) is 4.79 Å². The van der Waals surface area contributed by atoms with Gasteiger partial charge in [-0.15, -0.1) is 0 Å². The summed E-state index contributed by atoms with van der Waals surface area (Å²) in [6.45, 7) is 0.813. The Morgan fingerprint density at radius 1 is 0.804 bits per heavy atom. The topological polar surface area (TPSA) is 110 Å². The second-order valence-corrected chi connectivity index (χ2v) is 10.9. The van der Waals surface area contributed by atoms with E-state index in [1.807, 2.05) is 24.3 Å². The van der Waals surface area contributed by atoms with Crippen molar-refractivity contribution in [1.82, 2.24) is 15.6 Å². The molecule has 3 aromatic carbocycles. The van der Waals surface area contributed by atoms with Crippen LogP contribution in [0.2, 0.25) is 0 Å². The number of fused-ring (bicyclic) bond motifs is 1. The lowest BCUT2D eigenvalue weighted by atomic mass is 10.0. The van der Waals surface area contributed by atoms with Crippen molar-refractivity contribution in [2.45, 2.75) is 37.8 Å². The molecule has 0 bridgehead atoms. The first-order valence-corrected chi connectivity index (χ1v) is 14.5. The van der Waals surface area contributed by atoms with Gasteiger partial charge in [-0.2, -0.15) is 26.3 Å². The number of hydrogen-bond acceptors (Lipinski definition) is 8. The number of nitrogens with one attached hydrogen (secondary N) is 3. The van der Waals surface area contributed by atoms with Crippen LogP contribution in [-0.2, 0) is 33.7 Å². The molecular weight excluding hydrogens is 647 g/mol. The fourth-order valence-electron chi connectivity index (χ4n) is 4.51. The van der Waals surface area contributed by atoms with Gasteiger partial charge in [-0.25, -0.2) is 14.0 Å². The Balaban J connectivity index is 1.45. The maximum absolute atomic E-state index is 13.9. The van der Waals surface area contributed by atoms with Crippen LogP contribution in [0.4, 0.5) is 30.7 Å². The van der Waals surface area contributed by atoms with Crippen LogP contribution in [0, 0.1) is 5.82 Å². The Kier molecular flexibility index (Phi) is 11.2. The molecule has 0 unspecified atom stereocenters. The molecule has 246 valence electrons. The molecule has 0 aliphatic carbocycles. The Morgan fingerprint density at radius 2 is 1.41 bits per heavy atom. The highest BCUT2D eigenvalue weighted by atomic mass is 32.1. The Labute approximate surface area is 260 Å². The Hall–Kier alpha value is -4.28. The van der Waals surface area contributed by atoms with Crippen LogP contribution in [0.1, 0.15) is 28.4 Å². The third-order valence-corrected chi connectivity index (χ3v) is 7.63. The summed E-state index contributed by atoms with van der Waals surface area (Å²) < 4.78 is 100. The maximum Gasteiger partial charge on any atom is 0.491 e. The van der Waals surface area contributed by atoms with Crippen LogP contribution in [-0.4, -0.2) is 48.9 Å². The maximum atomic E-state index is 13.9. The van der Waals surface area contributed by atoms with E-state index in [0.29, 0.717) is 42.8 Å². The Bertz CT molecular complexity index is 1740. The van der Waals surface area contributed by atoms with Crippen LogP contribution < -0.4 is 20.2 Å². The molecule has 4 aromatic rings. The van der Waals surface area contributed by atoms with E-state index in [1.54, 1.807) is 18.2 Å². The van der Waals surface area contributed by atoms with Gasteiger partial charge in [0.25, 0.3) is 0 Å². The van der Waals surface area contributed by atoms with Crippen LogP contribution in [0.15, 0.2) is 65.5 Å². The number of rotatable bonds is 13. The number of aromatic nitrogens is 1. The van der Waals surface area contributed by atoms with Crippen LogP contribution >= 0.6 is 11.3 Å². The molecule has 0 fully saturated rings. The summed E-state index contributed by atoms with van der Waals surface area (Å²) in [5.41, 5.74) is 1.90. The van der Waals surface area contributed by atoms with Crippen molar-refractivity contribution in [2.24, 2.45) is 0 Å². The molecule has 0 saturated heterocycles. The lowest BCUT2D eigenvalue weighted by molar-refractivity contribution is -0.205. The predicted octanol–water partition coefficient (Wildman–Crippen LogP) is 5.51. The summed E-state index contributed by atoms with van der Waals surface area (Å²) in [6, 6.07) is 15.7. The number of hydrogen-bond donors (Lipinski definition) is 3. The van der Waals surface area contributed by atoms with E-state index in [2.05, 4.69) is 20.4 Å². The number of benzene rings is 3. The number of ether oxygens (including phenoxy) is 2. The van der Waals surface area contributed by atoms with Crippen LogP contribution in [0.25, 0.3) is 10.2 Å². The van der Waals surface area contributed by atoms with Gasteiger partial charge in [0.05, 0.1) is 4.70 Å². The van der Waals surface area contributed by atoms with E-state index in [-0.39, 0.29) is 34.7 Å². The number of esters is 2. The van der Waals surface area contributed by atoms with Crippen molar-refractivity contribution in [3.8, 4) is 5.75 Å². The predicted molar refractivity (Wildman–Crippen MR) is 154 cm³/mol. The number of carbonyl (C=O) groups excluding carboxylic acids is 2. The zero-order valence-electron chi connectivity index (χ0n) is 23.7. The van der Waals surface area contributed by atoms with Gasteiger partial charge in [0.1, 0.15) is 17.4 Å². The number of carbonyl (C=O) groups is 2. The zero-order valence-corrected chi connectivity index (χ0v) is 24.5. The van der Waals surface area contributed by atoms with E-state index in [1.165, 1.54) is 6.07 Å². The minimum atomic E-state index is -5.36. The van der Waals surface area contributed by atoms with Gasteiger partial charge < -0.3 is 25.1 Å². The summed E-state index contributed by atoms with van der Waals surface area (Å²) in [4.78, 5) is 36.6. The average Bonchev–Trinajstić information content (AvgIpc) is 3.39. The Morgan fingerprint density at radius 3 is 2.09 bits per heavy atom. The van der Waals surface area contributed by atoms with Crippen LogP contribution in [0.5, 0.6) is 5.75 Å². The van der Waals surface area contributed by atoms with Gasteiger partial charge in [0.15, 0.2) is 5.75 Å². The second kappa shape index (κ2) is 14.9. The largest absolute Gasteiger partial charge is 0.491 e. The minimum absolute atomic E-state index is 0.130. The molecule has 1 aromatic heterocycles. The van der Waals surface area contributed by atoms with E-state index >= 15 is 0 Å². The molecule has 46 heavy (non-hydrogen) atoms. The van der Waals surface area contributed by atoms with Gasteiger partial charge in [-0.1, -0.05) is 53.8 Å². The van der Waals surface area contributed by atoms with Crippen molar-refractivity contribution in [3.05, 3.63) is 98.4 Å². The number of aromatic amines is 1. The molecule has 0 amide bonds. The fraction of sp³-hybridized carbons (Fsp3) is 0.300. The van der Waals surface area contributed by atoms with E-state index in [4.69, 9.17) is 4.74 Å². The average molecular weight is 674 g/mol. The van der Waals surface area contributed by atoms with Gasteiger partial charge in [-0.05, 0) is 60.8 Å². The first kappa shape index (κ1) is 34.6. The number of alkyl halides is 6. The van der Waals surface area contributed by atoms with Crippen LogP contribution in [0.3, 0.4) is 0 Å². The lowest BCUT2D eigenvalue weighted by Crippen LogP contribution is -2.32. The van der Waals surface area contributed by atoms with E-state index in [9.17, 15) is 45.1 Å². The molecule has 3 N–H and O–H groups in total. The van der Waals surface area contributed by atoms with Gasteiger partial charge in [0, 0.05) is 18.7 Å². The van der Waals surface area contributed by atoms with Crippen molar-refractivity contribution in [2.75, 3.05) is 19.6 Å². The first-order chi connectivity index (χ1) is 21.7. The standard InChI is InChI=1S/C30H26F7N3O5S/c31-21-8-4-3-6-18(21)12-14-38-15-19-7-2-1-5-17(19)11-13-39-16-23(45-27(42)30(35,36)37)20-9-10-22(44-26(41)29(32,33)34)24-25(20)46-28(43)40-24/h1-10,23,38-39H,11-16H2,(H,40,43)/t23-/m0/s1. The molecule has 0 aliphatic rings. The SMILES string of the molecule is O=C(Oc1ccc([C@H](CNCCc2ccccc2CNCCc2ccccc2F)OC(=O)C(F)(F)F)c2sc(=O)[nH]c12)C(F)(F)F. The summed E-state index contributed by atoms with van der Waals surface area (Å²) in [5.74, 6) is -6.07. The van der Waals surface area contributed by atoms with Crippen molar-refractivity contribution in [3.63, 3.8) is 0 Å². The normalized spacial score (nSPS) is 12.7. The molecule has 0 radical (unpaired) electrons. The summed E-state index contributed by atoms with van der Waals surface area (Å²) >= 11 is 0.425. The molecule has 0 spiro atoms. The summed E-state index contributed by atoms with van der Waals surface area (Å²) in [5, 5.41) is 6.18. The number of halogens is 7. The van der Waals surface area contributed by atoms with Crippen molar-refractivity contribution < 1.29 is 49.8 Å². The van der Waals surface area contributed by atoms with E-state index in [0.717, 1.165) is 23.3 Å². The zero-order chi connectivity index (χ0) is 33.5. The van der Waals surface area contributed by atoms with E-state index < -0.39 is 41.0 Å². The first-order valence-electron chi connectivity index (χ1n) is 13.7. The van der Waals surface area contributed by atoms with Crippen molar-refractivity contribution in [1.29, 1.82) is 0 Å². The monoisotopic (exact) mass is 673 g/mol. The van der Waals surface area contributed by atoms with Crippen molar-refractivity contribution >= 4 is 33.5 Å².